The van der Waals surface area contributed by atoms with Gasteiger partial charge in [-0.3, -0.25) is 14.7 Å². The second-order valence-corrected chi connectivity index (χ2v) is 8.91. The fourth-order valence-electron chi connectivity index (χ4n) is 4.58. The first-order valence-corrected chi connectivity index (χ1v) is 11.3. The van der Waals surface area contributed by atoms with Crippen LogP contribution in [0.25, 0.3) is 0 Å². The van der Waals surface area contributed by atoms with Crippen molar-refractivity contribution in [2.24, 2.45) is 5.41 Å². The van der Waals surface area contributed by atoms with Crippen LogP contribution in [0.2, 0.25) is 0 Å². The standard InChI is InChI=1S/C18H24FN3O2.2C2HF3O2/c1-13-3-2-4-14(20-13)10-21-11-15-9-18(16(12-21)24-15)5-7-22(8-6-19)17(18)23;2*3-2(4,5)1(6)7/h2-4,15-16H,5-12H2,1H3;2*(H,6,7)/t15-,16-,18-;;/m0../s1. The summed E-state index contributed by atoms with van der Waals surface area (Å²) in [7, 11) is 0. The van der Waals surface area contributed by atoms with Gasteiger partial charge in [0.05, 0.1) is 23.3 Å². The predicted octanol–water partition coefficient (Wildman–Crippen LogP) is 2.82. The molecule has 4 rings (SSSR count). The Labute approximate surface area is 212 Å². The van der Waals surface area contributed by atoms with Gasteiger partial charge in [0.1, 0.15) is 6.67 Å². The minimum Gasteiger partial charge on any atom is -0.475 e. The van der Waals surface area contributed by atoms with Crippen molar-refractivity contribution in [3.8, 4) is 0 Å². The maximum absolute atomic E-state index is 12.8. The van der Waals surface area contributed by atoms with E-state index in [1.54, 1.807) is 4.90 Å². The molecule has 1 spiro atoms. The monoisotopic (exact) mass is 561 g/mol. The average molecular weight is 561 g/mol. The first-order chi connectivity index (χ1) is 17.5. The molecule has 3 aliphatic rings. The molecule has 3 atom stereocenters. The van der Waals surface area contributed by atoms with Crippen molar-refractivity contribution in [3.05, 3.63) is 29.6 Å². The number of carbonyl (C=O) groups is 3. The average Bonchev–Trinajstić information content (AvgIpc) is 3.23. The second kappa shape index (κ2) is 12.2. The highest BCUT2D eigenvalue weighted by atomic mass is 19.4. The number of halogens is 7. The maximum Gasteiger partial charge on any atom is 0.490 e. The number of hydrogen-bond acceptors (Lipinski definition) is 6. The number of amides is 1. The van der Waals surface area contributed by atoms with Crippen LogP contribution < -0.4 is 0 Å². The van der Waals surface area contributed by atoms with Gasteiger partial charge in [-0.2, -0.15) is 26.3 Å². The van der Waals surface area contributed by atoms with E-state index >= 15 is 0 Å². The van der Waals surface area contributed by atoms with Gasteiger partial charge in [-0.25, -0.2) is 14.0 Å². The van der Waals surface area contributed by atoms with Gasteiger partial charge >= 0.3 is 24.3 Å². The van der Waals surface area contributed by atoms with Crippen molar-refractivity contribution < 1.29 is 60.1 Å². The molecule has 3 fully saturated rings. The topological polar surface area (TPSA) is 120 Å². The van der Waals surface area contributed by atoms with E-state index in [4.69, 9.17) is 24.5 Å². The summed E-state index contributed by atoms with van der Waals surface area (Å²) in [6.07, 6.45) is -8.57. The zero-order valence-electron chi connectivity index (χ0n) is 20.1. The highest BCUT2D eigenvalue weighted by Crippen LogP contribution is 2.49. The lowest BCUT2D eigenvalue weighted by molar-refractivity contribution is -0.193. The molecule has 0 unspecified atom stereocenters. The summed E-state index contributed by atoms with van der Waals surface area (Å²) in [5.41, 5.74) is 1.66. The van der Waals surface area contributed by atoms with E-state index < -0.39 is 36.4 Å². The molecule has 2 N–H and O–H groups in total. The molecule has 3 aliphatic heterocycles. The quantitative estimate of drug-likeness (QED) is 0.539. The number of aliphatic carboxylic acids is 2. The Bertz CT molecular complexity index is 982. The number of aryl methyl sites for hydroxylation is 1. The third-order valence-electron chi connectivity index (χ3n) is 6.16. The number of carbonyl (C=O) groups excluding carboxylic acids is 1. The van der Waals surface area contributed by atoms with Crippen molar-refractivity contribution in [1.29, 1.82) is 0 Å². The van der Waals surface area contributed by atoms with E-state index in [1.807, 2.05) is 25.1 Å². The van der Waals surface area contributed by atoms with E-state index in [1.165, 1.54) is 0 Å². The van der Waals surface area contributed by atoms with Crippen LogP contribution in [-0.4, -0.2) is 100 Å². The molecule has 214 valence electrons. The zero-order valence-corrected chi connectivity index (χ0v) is 20.1. The lowest BCUT2D eigenvalue weighted by atomic mass is 9.79. The highest BCUT2D eigenvalue weighted by Gasteiger charge is 2.60. The SMILES string of the molecule is Cc1cccc(CN2C[C@@H]3C[C@@]4(CCN(CCF)C4=O)[C@H](C2)O3)n1.O=C(O)C(F)(F)F.O=C(O)C(F)(F)F. The summed E-state index contributed by atoms with van der Waals surface area (Å²) in [6, 6.07) is 6.07. The minimum atomic E-state index is -5.08. The Hall–Kier alpha value is -3.01. The zero-order chi connectivity index (χ0) is 28.9. The molecule has 0 aliphatic carbocycles. The summed E-state index contributed by atoms with van der Waals surface area (Å²) < 4.78 is 82.3. The molecule has 1 amide bonds. The Morgan fingerprint density at radius 3 is 2.18 bits per heavy atom. The Kier molecular flexibility index (Phi) is 10.0. The van der Waals surface area contributed by atoms with Crippen LogP contribution in [0.15, 0.2) is 18.2 Å². The number of aromatic nitrogens is 1. The van der Waals surface area contributed by atoms with Gasteiger partial charge in [0.2, 0.25) is 5.91 Å². The number of carboxylic acids is 2. The fourth-order valence-corrected chi connectivity index (χ4v) is 4.58. The lowest BCUT2D eigenvalue weighted by Gasteiger charge is -2.34. The molecule has 9 nitrogen and oxygen atoms in total. The van der Waals surface area contributed by atoms with Crippen LogP contribution in [0.4, 0.5) is 30.7 Å². The number of likely N-dealkylation sites (tertiary alicyclic amines) is 2. The normalized spacial score (nSPS) is 24.9. The van der Waals surface area contributed by atoms with Gasteiger partial charge in [0.15, 0.2) is 0 Å². The molecule has 0 radical (unpaired) electrons. The summed E-state index contributed by atoms with van der Waals surface area (Å²) in [4.78, 5) is 39.2. The molecule has 1 aromatic rings. The number of nitrogens with zero attached hydrogens (tertiary/aromatic N) is 3. The number of carboxylic acid groups (broad SMARTS) is 2. The maximum atomic E-state index is 12.8. The molecule has 16 heteroatoms. The number of hydrogen-bond donors (Lipinski definition) is 2. The molecule has 4 heterocycles. The number of pyridine rings is 1. The third kappa shape index (κ3) is 7.99. The van der Waals surface area contributed by atoms with Crippen molar-refractivity contribution in [3.63, 3.8) is 0 Å². The Morgan fingerprint density at radius 1 is 1.11 bits per heavy atom. The van der Waals surface area contributed by atoms with Crippen molar-refractivity contribution in [1.82, 2.24) is 14.8 Å². The molecule has 0 aromatic carbocycles. The largest absolute Gasteiger partial charge is 0.490 e. The van der Waals surface area contributed by atoms with Gasteiger partial charge < -0.3 is 19.8 Å². The van der Waals surface area contributed by atoms with Gasteiger partial charge in [0, 0.05) is 38.4 Å². The van der Waals surface area contributed by atoms with Crippen molar-refractivity contribution >= 4 is 17.8 Å². The number of fused-ring (bicyclic) bond motifs is 3. The van der Waals surface area contributed by atoms with E-state index in [2.05, 4.69) is 9.88 Å². The van der Waals surface area contributed by atoms with Crippen LogP contribution in [0, 0.1) is 12.3 Å². The molecular formula is C22H26F7N3O6. The fraction of sp³-hybridized carbons (Fsp3) is 0.636. The molecule has 2 bridgehead atoms. The van der Waals surface area contributed by atoms with Crippen molar-refractivity contribution in [2.45, 2.75) is 50.9 Å². The van der Waals surface area contributed by atoms with E-state index in [-0.39, 0.29) is 24.7 Å². The Morgan fingerprint density at radius 2 is 1.68 bits per heavy atom. The Balaban J connectivity index is 0.000000301. The van der Waals surface area contributed by atoms with Crippen LogP contribution in [0.1, 0.15) is 24.2 Å². The number of alkyl halides is 7. The van der Waals surface area contributed by atoms with Gasteiger partial charge in [0.25, 0.3) is 0 Å². The predicted molar refractivity (Wildman–Crippen MR) is 115 cm³/mol. The lowest BCUT2D eigenvalue weighted by Crippen LogP contribution is -2.47. The number of ether oxygens (including phenoxy) is 1. The molecule has 38 heavy (non-hydrogen) atoms. The van der Waals surface area contributed by atoms with Gasteiger partial charge in [-0.05, 0) is 31.9 Å². The van der Waals surface area contributed by atoms with E-state index in [0.717, 1.165) is 43.9 Å². The summed E-state index contributed by atoms with van der Waals surface area (Å²) in [5.74, 6) is -5.41. The second-order valence-electron chi connectivity index (χ2n) is 8.91. The van der Waals surface area contributed by atoms with E-state index in [0.29, 0.717) is 6.54 Å². The summed E-state index contributed by atoms with van der Waals surface area (Å²) in [6.45, 7) is 4.78. The molecule has 3 saturated heterocycles. The summed E-state index contributed by atoms with van der Waals surface area (Å²) >= 11 is 0. The van der Waals surface area contributed by atoms with Crippen LogP contribution in [0.3, 0.4) is 0 Å². The third-order valence-corrected chi connectivity index (χ3v) is 6.16. The molecular weight excluding hydrogens is 535 g/mol. The smallest absolute Gasteiger partial charge is 0.475 e. The number of rotatable bonds is 4. The van der Waals surface area contributed by atoms with Gasteiger partial charge in [-0.1, -0.05) is 6.07 Å². The van der Waals surface area contributed by atoms with Gasteiger partial charge in [-0.15, -0.1) is 0 Å². The minimum absolute atomic E-state index is 0.0711. The van der Waals surface area contributed by atoms with E-state index in [9.17, 15) is 35.5 Å². The first kappa shape index (κ1) is 31.2. The number of morpholine rings is 1. The van der Waals surface area contributed by atoms with Crippen LogP contribution in [-0.2, 0) is 25.7 Å². The highest BCUT2D eigenvalue weighted by molar-refractivity contribution is 5.86. The summed E-state index contributed by atoms with van der Waals surface area (Å²) in [5, 5.41) is 14.2. The molecule has 1 aromatic heterocycles. The molecule has 0 saturated carbocycles. The van der Waals surface area contributed by atoms with Crippen LogP contribution in [0.5, 0.6) is 0 Å². The van der Waals surface area contributed by atoms with Crippen LogP contribution >= 0.6 is 0 Å². The first-order valence-electron chi connectivity index (χ1n) is 11.3. The van der Waals surface area contributed by atoms with Crippen molar-refractivity contribution in [2.75, 3.05) is 32.9 Å².